The van der Waals surface area contributed by atoms with Crippen molar-refractivity contribution in [2.24, 2.45) is 0 Å². The van der Waals surface area contributed by atoms with Gasteiger partial charge >= 0.3 is 0 Å². The minimum absolute atomic E-state index is 0.108. The standard InChI is InChI=1S/C24H31N3O2/c1-4-9-23(28)25-15-14-22-26-20-12-5-6-13-21(20)27(22)16-8-17-29-24-18(2)10-7-11-19(24)3/h5-7,10-13H,4,8-9,14-17H2,1-3H3,(H,25,28). The van der Waals surface area contributed by atoms with E-state index >= 15 is 0 Å². The van der Waals surface area contributed by atoms with Crippen LogP contribution in [0.3, 0.4) is 0 Å². The van der Waals surface area contributed by atoms with Crippen LogP contribution in [0.15, 0.2) is 42.5 Å². The number of carbonyl (C=O) groups is 1. The molecule has 0 aliphatic rings. The van der Waals surface area contributed by atoms with Gasteiger partial charge in [-0.05, 0) is 49.9 Å². The summed E-state index contributed by atoms with van der Waals surface area (Å²) in [6.45, 7) is 8.28. The molecule has 0 unspecified atom stereocenters. The highest BCUT2D eigenvalue weighted by Gasteiger charge is 2.11. The average molecular weight is 394 g/mol. The van der Waals surface area contributed by atoms with Gasteiger partial charge in [0.1, 0.15) is 11.6 Å². The van der Waals surface area contributed by atoms with Crippen LogP contribution < -0.4 is 10.1 Å². The zero-order valence-electron chi connectivity index (χ0n) is 17.7. The van der Waals surface area contributed by atoms with E-state index in [9.17, 15) is 4.79 Å². The lowest BCUT2D eigenvalue weighted by molar-refractivity contribution is -0.121. The van der Waals surface area contributed by atoms with E-state index in [1.165, 1.54) is 11.1 Å². The minimum Gasteiger partial charge on any atom is -0.493 e. The summed E-state index contributed by atoms with van der Waals surface area (Å²) in [5, 5.41) is 2.99. The number of aromatic nitrogens is 2. The van der Waals surface area contributed by atoms with E-state index in [1.807, 2.05) is 25.1 Å². The summed E-state index contributed by atoms with van der Waals surface area (Å²) in [4.78, 5) is 16.5. The molecule has 5 heteroatoms. The van der Waals surface area contributed by atoms with Crippen LogP contribution in [-0.2, 0) is 17.8 Å². The van der Waals surface area contributed by atoms with Crippen LogP contribution in [0.4, 0.5) is 0 Å². The van der Waals surface area contributed by atoms with E-state index in [4.69, 9.17) is 9.72 Å². The van der Waals surface area contributed by atoms with Gasteiger partial charge in [-0.2, -0.15) is 0 Å². The normalized spacial score (nSPS) is 11.0. The molecule has 0 saturated carbocycles. The number of hydrogen-bond acceptors (Lipinski definition) is 3. The molecular weight excluding hydrogens is 362 g/mol. The zero-order chi connectivity index (χ0) is 20.6. The molecule has 1 aromatic heterocycles. The number of nitrogens with zero attached hydrogens (tertiary/aromatic N) is 2. The van der Waals surface area contributed by atoms with Crippen LogP contribution in [0, 0.1) is 13.8 Å². The number of hydrogen-bond donors (Lipinski definition) is 1. The van der Waals surface area contributed by atoms with Gasteiger partial charge in [0, 0.05) is 25.9 Å². The Kier molecular flexibility index (Phi) is 7.28. The molecule has 0 aliphatic carbocycles. The summed E-state index contributed by atoms with van der Waals surface area (Å²) in [5.41, 5.74) is 4.47. The number of benzene rings is 2. The van der Waals surface area contributed by atoms with Crippen molar-refractivity contribution in [3.8, 4) is 5.75 Å². The van der Waals surface area contributed by atoms with Crippen molar-refractivity contribution in [2.75, 3.05) is 13.2 Å². The molecule has 0 atom stereocenters. The van der Waals surface area contributed by atoms with E-state index in [-0.39, 0.29) is 5.91 Å². The number of para-hydroxylation sites is 3. The van der Waals surface area contributed by atoms with Crippen molar-refractivity contribution in [3.05, 3.63) is 59.4 Å². The Morgan fingerprint density at radius 2 is 1.86 bits per heavy atom. The van der Waals surface area contributed by atoms with Gasteiger partial charge in [0.15, 0.2) is 0 Å². The van der Waals surface area contributed by atoms with E-state index in [1.54, 1.807) is 0 Å². The predicted molar refractivity (Wildman–Crippen MR) is 117 cm³/mol. The molecule has 3 aromatic rings. The van der Waals surface area contributed by atoms with E-state index < -0.39 is 0 Å². The fourth-order valence-electron chi connectivity index (χ4n) is 3.62. The Labute approximate surface area is 173 Å². The van der Waals surface area contributed by atoms with Crippen molar-refractivity contribution in [1.82, 2.24) is 14.9 Å². The van der Waals surface area contributed by atoms with E-state index in [2.05, 4.69) is 48.0 Å². The zero-order valence-corrected chi connectivity index (χ0v) is 17.7. The van der Waals surface area contributed by atoms with Gasteiger partial charge < -0.3 is 14.6 Å². The predicted octanol–water partition coefficient (Wildman–Crippen LogP) is 4.58. The molecule has 0 radical (unpaired) electrons. The maximum absolute atomic E-state index is 11.7. The fourth-order valence-corrected chi connectivity index (χ4v) is 3.62. The summed E-state index contributed by atoms with van der Waals surface area (Å²) in [6.07, 6.45) is 3.06. The van der Waals surface area contributed by atoms with Gasteiger partial charge in [-0.25, -0.2) is 4.98 Å². The molecule has 0 fully saturated rings. The maximum Gasteiger partial charge on any atom is 0.219 e. The lowest BCUT2D eigenvalue weighted by atomic mass is 10.1. The Morgan fingerprint density at radius 1 is 1.10 bits per heavy atom. The van der Waals surface area contributed by atoms with Crippen LogP contribution in [0.1, 0.15) is 43.1 Å². The molecule has 1 amide bonds. The molecule has 5 nitrogen and oxygen atoms in total. The van der Waals surface area contributed by atoms with Gasteiger partial charge in [0.25, 0.3) is 0 Å². The van der Waals surface area contributed by atoms with Crippen LogP contribution in [0.5, 0.6) is 5.75 Å². The third-order valence-electron chi connectivity index (χ3n) is 5.06. The van der Waals surface area contributed by atoms with Gasteiger partial charge in [0.2, 0.25) is 5.91 Å². The van der Waals surface area contributed by atoms with E-state index in [0.717, 1.165) is 48.4 Å². The molecule has 29 heavy (non-hydrogen) atoms. The quantitative estimate of drug-likeness (QED) is 0.513. The van der Waals surface area contributed by atoms with Crippen LogP contribution >= 0.6 is 0 Å². The highest BCUT2D eigenvalue weighted by molar-refractivity contribution is 5.76. The highest BCUT2D eigenvalue weighted by Crippen LogP contribution is 2.23. The fraction of sp³-hybridized carbons (Fsp3) is 0.417. The highest BCUT2D eigenvalue weighted by atomic mass is 16.5. The number of aryl methyl sites for hydroxylation is 3. The number of amides is 1. The molecule has 0 saturated heterocycles. The van der Waals surface area contributed by atoms with Gasteiger partial charge in [0.05, 0.1) is 17.6 Å². The number of rotatable bonds is 10. The van der Waals surface area contributed by atoms with Gasteiger partial charge in [-0.1, -0.05) is 37.3 Å². The largest absolute Gasteiger partial charge is 0.493 e. The smallest absolute Gasteiger partial charge is 0.219 e. The first-order chi connectivity index (χ1) is 14.1. The minimum atomic E-state index is 0.108. The number of imidazole rings is 1. The first-order valence-electron chi connectivity index (χ1n) is 10.5. The van der Waals surface area contributed by atoms with E-state index in [0.29, 0.717) is 19.6 Å². The number of ether oxygens (including phenoxy) is 1. The van der Waals surface area contributed by atoms with Crippen molar-refractivity contribution in [2.45, 2.75) is 53.0 Å². The lowest BCUT2D eigenvalue weighted by Gasteiger charge is -2.13. The number of nitrogens with one attached hydrogen (secondary N) is 1. The van der Waals surface area contributed by atoms with Crippen LogP contribution in [0.2, 0.25) is 0 Å². The summed E-state index contributed by atoms with van der Waals surface area (Å²) in [5.74, 6) is 2.11. The molecule has 2 aromatic carbocycles. The molecule has 3 rings (SSSR count). The second-order valence-corrected chi connectivity index (χ2v) is 7.44. The lowest BCUT2D eigenvalue weighted by Crippen LogP contribution is -2.26. The summed E-state index contributed by atoms with van der Waals surface area (Å²) in [7, 11) is 0. The second kappa shape index (κ2) is 10.1. The van der Waals surface area contributed by atoms with Crippen LogP contribution in [-0.4, -0.2) is 28.6 Å². The Hall–Kier alpha value is -2.82. The molecule has 1 heterocycles. The third kappa shape index (κ3) is 5.37. The maximum atomic E-state index is 11.7. The monoisotopic (exact) mass is 393 g/mol. The molecule has 0 bridgehead atoms. The first-order valence-corrected chi connectivity index (χ1v) is 10.5. The molecule has 0 aliphatic heterocycles. The topological polar surface area (TPSA) is 56.2 Å². The third-order valence-corrected chi connectivity index (χ3v) is 5.06. The van der Waals surface area contributed by atoms with Gasteiger partial charge in [-0.3, -0.25) is 4.79 Å². The van der Waals surface area contributed by atoms with Crippen molar-refractivity contribution >= 4 is 16.9 Å². The Morgan fingerprint density at radius 3 is 2.62 bits per heavy atom. The molecule has 154 valence electrons. The summed E-state index contributed by atoms with van der Waals surface area (Å²) < 4.78 is 8.33. The Balaban J connectivity index is 1.63. The SMILES string of the molecule is CCCC(=O)NCCc1nc2ccccc2n1CCCOc1c(C)cccc1C. The van der Waals surface area contributed by atoms with Crippen LogP contribution in [0.25, 0.3) is 11.0 Å². The molecule has 1 N–H and O–H groups in total. The number of carbonyl (C=O) groups excluding carboxylic acids is 1. The van der Waals surface area contributed by atoms with Gasteiger partial charge in [-0.15, -0.1) is 0 Å². The van der Waals surface area contributed by atoms with Crippen molar-refractivity contribution in [3.63, 3.8) is 0 Å². The Bertz CT molecular complexity index is 942. The molecular formula is C24H31N3O2. The average Bonchev–Trinajstić information content (AvgIpc) is 3.05. The second-order valence-electron chi connectivity index (χ2n) is 7.44. The summed E-state index contributed by atoms with van der Waals surface area (Å²) in [6, 6.07) is 14.4. The number of fused-ring (bicyclic) bond motifs is 1. The van der Waals surface area contributed by atoms with Crippen molar-refractivity contribution in [1.29, 1.82) is 0 Å². The molecule has 0 spiro atoms. The van der Waals surface area contributed by atoms with Crippen molar-refractivity contribution < 1.29 is 9.53 Å². The first kappa shape index (κ1) is 20.9. The summed E-state index contributed by atoms with van der Waals surface area (Å²) >= 11 is 0.